The molecule has 0 bridgehead atoms. The van der Waals surface area contributed by atoms with Gasteiger partial charge in [0.2, 0.25) is 0 Å². The zero-order chi connectivity index (χ0) is 23.4. The molecule has 0 radical (unpaired) electrons. The number of pyridine rings is 1. The van der Waals surface area contributed by atoms with E-state index in [9.17, 15) is 4.79 Å². The van der Waals surface area contributed by atoms with Crippen LogP contribution in [-0.2, 0) is 12.1 Å². The van der Waals surface area contributed by atoms with Crippen LogP contribution in [0, 0.1) is 0 Å². The van der Waals surface area contributed by atoms with Crippen LogP contribution in [0.4, 0.5) is 5.69 Å². The van der Waals surface area contributed by atoms with Crippen molar-refractivity contribution in [3.63, 3.8) is 0 Å². The average Bonchev–Trinajstić information content (AvgIpc) is 3.38. The highest BCUT2D eigenvalue weighted by atomic mass is 16.4. The maximum atomic E-state index is 11.1. The molecule has 1 aliphatic rings. The summed E-state index contributed by atoms with van der Waals surface area (Å²) in [5.74, 6) is 0.584. The molecular weight excluding hydrogens is 428 g/mol. The molecular formula is C26H26N6O2. The number of carboxylic acids is 1. The van der Waals surface area contributed by atoms with E-state index in [0.717, 1.165) is 55.1 Å². The number of likely N-dealkylation sites (tertiary alicyclic amines) is 1. The van der Waals surface area contributed by atoms with Crippen molar-refractivity contribution in [1.29, 1.82) is 0 Å². The van der Waals surface area contributed by atoms with Gasteiger partial charge in [0.05, 0.1) is 11.1 Å². The summed E-state index contributed by atoms with van der Waals surface area (Å²) in [7, 11) is 0. The highest BCUT2D eigenvalue weighted by molar-refractivity contribution is 5.87. The smallest absolute Gasteiger partial charge is 0.335 e. The zero-order valence-corrected chi connectivity index (χ0v) is 18.7. The molecule has 0 amide bonds. The molecule has 1 aliphatic heterocycles. The summed E-state index contributed by atoms with van der Waals surface area (Å²) in [6, 6.07) is 21.1. The van der Waals surface area contributed by atoms with Crippen molar-refractivity contribution in [1.82, 2.24) is 25.1 Å². The monoisotopic (exact) mass is 454 g/mol. The molecule has 4 aromatic rings. The van der Waals surface area contributed by atoms with Crippen molar-refractivity contribution < 1.29 is 9.90 Å². The summed E-state index contributed by atoms with van der Waals surface area (Å²) in [5.41, 5.74) is 3.01. The number of carboxylic acid groups (broad SMARTS) is 1. The van der Waals surface area contributed by atoms with Crippen molar-refractivity contribution in [2.24, 2.45) is 0 Å². The first-order valence-corrected chi connectivity index (χ1v) is 11.3. The predicted molar refractivity (Wildman–Crippen MR) is 129 cm³/mol. The molecule has 5 rings (SSSR count). The van der Waals surface area contributed by atoms with Gasteiger partial charge in [0.25, 0.3) is 0 Å². The molecule has 0 saturated carbocycles. The third-order valence-electron chi connectivity index (χ3n) is 6.35. The number of hydrogen-bond acceptors (Lipinski definition) is 6. The van der Waals surface area contributed by atoms with Crippen LogP contribution in [0.25, 0.3) is 11.4 Å². The van der Waals surface area contributed by atoms with Gasteiger partial charge in [-0.2, -0.15) is 5.10 Å². The molecule has 2 aromatic heterocycles. The lowest BCUT2D eigenvalue weighted by Crippen LogP contribution is -2.47. The maximum absolute atomic E-state index is 11.1. The third kappa shape index (κ3) is 4.67. The van der Waals surface area contributed by atoms with E-state index in [2.05, 4.69) is 37.5 Å². The number of para-hydroxylation sites is 1. The van der Waals surface area contributed by atoms with Gasteiger partial charge in [0.15, 0.2) is 11.6 Å². The number of nitrogens with one attached hydrogen (secondary N) is 2. The minimum atomic E-state index is -0.903. The lowest BCUT2D eigenvalue weighted by atomic mass is 9.86. The van der Waals surface area contributed by atoms with Gasteiger partial charge in [0, 0.05) is 43.3 Å². The molecule has 0 spiro atoms. The lowest BCUT2D eigenvalue weighted by Gasteiger charge is -2.41. The molecule has 1 fully saturated rings. The van der Waals surface area contributed by atoms with Crippen molar-refractivity contribution >= 4 is 11.7 Å². The van der Waals surface area contributed by atoms with Gasteiger partial charge in [-0.3, -0.25) is 15.0 Å². The first-order chi connectivity index (χ1) is 16.6. The van der Waals surface area contributed by atoms with Crippen LogP contribution in [0.1, 0.15) is 34.6 Å². The standard InChI is InChI=1S/C26H26N6O2/c33-24(34)21-8-6-19(7-9-21)18-32-16-12-26(13-17-32,29-22-4-2-1-3-5-22)25-28-23(30-31-25)20-10-14-27-15-11-20/h1-11,14-15,29H,12-13,16-18H2,(H,33,34)(H,28,30,31). The molecule has 3 N–H and O–H groups in total. The number of rotatable bonds is 7. The van der Waals surface area contributed by atoms with Crippen LogP contribution in [0.15, 0.2) is 79.1 Å². The van der Waals surface area contributed by atoms with Gasteiger partial charge in [-0.15, -0.1) is 0 Å². The van der Waals surface area contributed by atoms with Gasteiger partial charge < -0.3 is 10.4 Å². The minimum absolute atomic E-state index is 0.309. The third-order valence-corrected chi connectivity index (χ3v) is 6.35. The topological polar surface area (TPSA) is 107 Å². The molecule has 34 heavy (non-hydrogen) atoms. The zero-order valence-electron chi connectivity index (χ0n) is 18.7. The number of piperidine rings is 1. The van der Waals surface area contributed by atoms with Gasteiger partial charge in [-0.1, -0.05) is 30.3 Å². The first kappa shape index (κ1) is 21.8. The molecule has 3 heterocycles. The summed E-state index contributed by atoms with van der Waals surface area (Å²) in [5, 5.41) is 20.6. The molecule has 0 aliphatic carbocycles. The number of aromatic nitrogens is 4. The Hall–Kier alpha value is -4.04. The van der Waals surface area contributed by atoms with E-state index >= 15 is 0 Å². The SMILES string of the molecule is O=C(O)c1ccc(CN2CCC(Nc3ccccc3)(c3nc(-c4ccncc4)n[nH]3)CC2)cc1. The summed E-state index contributed by atoms with van der Waals surface area (Å²) in [6.45, 7) is 2.51. The Morgan fingerprint density at radius 1 is 1.00 bits per heavy atom. The second-order valence-electron chi connectivity index (χ2n) is 8.59. The number of carbonyl (C=O) groups is 1. The first-order valence-electron chi connectivity index (χ1n) is 11.3. The van der Waals surface area contributed by atoms with E-state index < -0.39 is 5.97 Å². The molecule has 172 valence electrons. The summed E-state index contributed by atoms with van der Waals surface area (Å²) in [4.78, 5) is 22.5. The summed E-state index contributed by atoms with van der Waals surface area (Å²) in [6.07, 6.45) is 5.18. The Morgan fingerprint density at radius 3 is 2.38 bits per heavy atom. The molecule has 8 heteroatoms. The molecule has 8 nitrogen and oxygen atoms in total. The van der Waals surface area contributed by atoms with Crippen molar-refractivity contribution in [3.8, 4) is 11.4 Å². The quantitative estimate of drug-likeness (QED) is 0.385. The fourth-order valence-corrected chi connectivity index (χ4v) is 4.43. The Kier molecular flexibility index (Phi) is 6.05. The van der Waals surface area contributed by atoms with Gasteiger partial charge >= 0.3 is 5.97 Å². The number of aromatic amines is 1. The van der Waals surface area contributed by atoms with Crippen molar-refractivity contribution in [2.45, 2.75) is 24.9 Å². The minimum Gasteiger partial charge on any atom is -0.478 e. The highest BCUT2D eigenvalue weighted by Crippen LogP contribution is 2.36. The predicted octanol–water partition coefficient (Wildman–Crippen LogP) is 4.17. The number of nitrogens with zero attached hydrogens (tertiary/aromatic N) is 4. The van der Waals surface area contributed by atoms with Crippen LogP contribution in [-0.4, -0.2) is 49.2 Å². The van der Waals surface area contributed by atoms with Crippen LogP contribution >= 0.6 is 0 Å². The van der Waals surface area contributed by atoms with Gasteiger partial charge in [-0.05, 0) is 54.8 Å². The van der Waals surface area contributed by atoms with E-state index in [1.165, 1.54) is 0 Å². The second-order valence-corrected chi connectivity index (χ2v) is 8.59. The number of hydrogen-bond donors (Lipinski definition) is 3. The number of anilines is 1. The summed E-state index contributed by atoms with van der Waals surface area (Å²) >= 11 is 0. The average molecular weight is 455 g/mol. The van der Waals surface area contributed by atoms with Crippen LogP contribution in [0.5, 0.6) is 0 Å². The lowest BCUT2D eigenvalue weighted by molar-refractivity contribution is 0.0697. The molecule has 0 atom stereocenters. The van der Waals surface area contributed by atoms with E-state index in [0.29, 0.717) is 11.4 Å². The van der Waals surface area contributed by atoms with Crippen LogP contribution in [0.2, 0.25) is 0 Å². The van der Waals surface area contributed by atoms with E-state index in [4.69, 9.17) is 10.1 Å². The molecule has 0 unspecified atom stereocenters. The molecule has 2 aromatic carbocycles. The highest BCUT2D eigenvalue weighted by Gasteiger charge is 2.39. The van der Waals surface area contributed by atoms with Crippen molar-refractivity contribution in [2.75, 3.05) is 18.4 Å². The normalized spacial score (nSPS) is 15.6. The maximum Gasteiger partial charge on any atom is 0.335 e. The van der Waals surface area contributed by atoms with Crippen LogP contribution in [0.3, 0.4) is 0 Å². The molecule has 1 saturated heterocycles. The number of benzene rings is 2. The van der Waals surface area contributed by atoms with Crippen LogP contribution < -0.4 is 5.32 Å². The Balaban J connectivity index is 1.35. The Labute approximate surface area is 197 Å². The fourth-order valence-electron chi connectivity index (χ4n) is 4.43. The van der Waals surface area contributed by atoms with E-state index in [1.807, 2.05) is 42.5 Å². The number of aromatic carboxylic acids is 1. The number of H-pyrrole nitrogens is 1. The Bertz CT molecular complexity index is 1230. The van der Waals surface area contributed by atoms with Gasteiger partial charge in [-0.25, -0.2) is 9.78 Å². The van der Waals surface area contributed by atoms with E-state index in [-0.39, 0.29) is 5.54 Å². The second kappa shape index (κ2) is 9.44. The summed E-state index contributed by atoms with van der Waals surface area (Å²) < 4.78 is 0. The fraction of sp³-hybridized carbons (Fsp3) is 0.231. The van der Waals surface area contributed by atoms with E-state index in [1.54, 1.807) is 24.5 Å². The van der Waals surface area contributed by atoms with Gasteiger partial charge in [0.1, 0.15) is 0 Å². The Morgan fingerprint density at radius 2 is 1.71 bits per heavy atom. The largest absolute Gasteiger partial charge is 0.478 e. The van der Waals surface area contributed by atoms with Crippen molar-refractivity contribution in [3.05, 3.63) is 96.1 Å².